The number of azo groups is 1. The smallest absolute Gasteiger partial charge is 0.295 e. The lowest BCUT2D eigenvalue weighted by Crippen LogP contribution is -2.01. The van der Waals surface area contributed by atoms with Crippen LogP contribution in [0.1, 0.15) is 5.56 Å². The van der Waals surface area contributed by atoms with Crippen LogP contribution in [0.25, 0.3) is 22.0 Å². The number of nitrogens with two attached hydrogens (primary N) is 1. The van der Waals surface area contributed by atoms with E-state index in [2.05, 4.69) is 15.2 Å². The summed E-state index contributed by atoms with van der Waals surface area (Å²) < 4.78 is 39.3. The fourth-order valence-corrected chi connectivity index (χ4v) is 4.55. The summed E-state index contributed by atoms with van der Waals surface area (Å²) in [5, 5.41) is 9.05. The predicted octanol–water partition coefficient (Wildman–Crippen LogP) is 6.73. The van der Waals surface area contributed by atoms with Gasteiger partial charge in [0.2, 0.25) is 0 Å². The van der Waals surface area contributed by atoms with E-state index in [0.717, 1.165) is 22.6 Å². The van der Waals surface area contributed by atoms with Crippen molar-refractivity contribution in [1.29, 1.82) is 0 Å². The summed E-state index contributed by atoms with van der Waals surface area (Å²) in [7, 11) is -4.49. The number of nitrogen functional groups attached to an aromatic ring is 1. The molecule has 0 amide bonds. The highest BCUT2D eigenvalue weighted by atomic mass is 32.2. The predicted molar refractivity (Wildman–Crippen MR) is 143 cm³/mol. The first-order valence-electron chi connectivity index (χ1n) is 11.3. The number of benzene rings is 4. The van der Waals surface area contributed by atoms with Crippen molar-refractivity contribution >= 4 is 38.0 Å². The molecule has 0 aliphatic rings. The van der Waals surface area contributed by atoms with Crippen molar-refractivity contribution in [3.63, 3.8) is 0 Å². The average Bonchev–Trinajstić information content (AvgIpc) is 2.92. The molecule has 8 nitrogen and oxygen atoms in total. The van der Waals surface area contributed by atoms with Crippen LogP contribution >= 0.6 is 0 Å². The summed E-state index contributed by atoms with van der Waals surface area (Å²) in [6.07, 6.45) is 1.56. The zero-order chi connectivity index (χ0) is 25.8. The largest absolute Gasteiger partial charge is 0.489 e. The molecule has 184 valence electrons. The Labute approximate surface area is 213 Å². The molecule has 9 heteroatoms. The molecule has 0 aliphatic carbocycles. The van der Waals surface area contributed by atoms with Gasteiger partial charge < -0.3 is 10.5 Å². The summed E-state index contributed by atoms with van der Waals surface area (Å²) in [6, 6.07) is 29.0. The van der Waals surface area contributed by atoms with E-state index >= 15 is 0 Å². The van der Waals surface area contributed by atoms with Gasteiger partial charge in [-0.15, -0.1) is 10.2 Å². The van der Waals surface area contributed by atoms with Crippen molar-refractivity contribution in [2.24, 2.45) is 10.2 Å². The molecule has 0 saturated carbocycles. The molecular formula is C28H22N4O4S. The highest BCUT2D eigenvalue weighted by molar-refractivity contribution is 7.86. The van der Waals surface area contributed by atoms with E-state index in [-0.39, 0.29) is 16.3 Å². The molecule has 0 aliphatic heterocycles. The minimum absolute atomic E-state index is 0.126. The molecule has 3 N–H and O–H groups in total. The van der Waals surface area contributed by atoms with Crippen LogP contribution in [0.3, 0.4) is 0 Å². The standard InChI is InChI=1S/C28H22N4O4S/c29-28-24-9-5-4-8-23(24)27(37(33,34)35)16-26(28)32-31-21-12-15-25(30-17-21)20-10-13-22(14-11-20)36-18-19-6-2-1-3-7-19/h1-17H,18,29H2,(H,33,34,35). The van der Waals surface area contributed by atoms with Crippen molar-refractivity contribution in [3.05, 3.63) is 109 Å². The SMILES string of the molecule is Nc1c(N=Nc2ccc(-c3ccc(OCc4ccccc4)cc3)nc2)cc(S(=O)(=O)O)c2ccccc12. The number of fused-ring (bicyclic) bond motifs is 1. The van der Waals surface area contributed by atoms with Crippen molar-refractivity contribution in [2.45, 2.75) is 11.5 Å². The molecule has 0 radical (unpaired) electrons. The minimum Gasteiger partial charge on any atom is -0.489 e. The molecule has 1 aromatic heterocycles. The quantitative estimate of drug-likeness (QED) is 0.142. The van der Waals surface area contributed by atoms with Crippen LogP contribution in [-0.4, -0.2) is 18.0 Å². The second kappa shape index (κ2) is 10.2. The van der Waals surface area contributed by atoms with Crippen LogP contribution in [0, 0.1) is 0 Å². The fraction of sp³-hybridized carbons (Fsp3) is 0.0357. The maximum atomic E-state index is 11.9. The number of ether oxygens (including phenoxy) is 1. The third-order valence-corrected chi connectivity index (χ3v) is 6.62. The molecule has 5 aromatic rings. The van der Waals surface area contributed by atoms with Crippen molar-refractivity contribution in [3.8, 4) is 17.0 Å². The molecule has 0 bridgehead atoms. The van der Waals surface area contributed by atoms with E-state index in [1.54, 1.807) is 36.5 Å². The Kier molecular flexibility index (Phi) is 6.63. The van der Waals surface area contributed by atoms with Crippen LogP contribution in [0.5, 0.6) is 5.75 Å². The van der Waals surface area contributed by atoms with Gasteiger partial charge in [0.05, 0.1) is 17.6 Å². The van der Waals surface area contributed by atoms with E-state index < -0.39 is 10.1 Å². The first kappa shape index (κ1) is 24.1. The molecule has 0 fully saturated rings. The number of nitrogens with zero attached hydrogens (tertiary/aromatic N) is 3. The summed E-state index contributed by atoms with van der Waals surface area (Å²) in [4.78, 5) is 4.17. The number of hydrogen-bond acceptors (Lipinski definition) is 7. The van der Waals surface area contributed by atoms with E-state index in [1.165, 1.54) is 6.07 Å². The van der Waals surface area contributed by atoms with E-state index in [9.17, 15) is 13.0 Å². The van der Waals surface area contributed by atoms with Crippen LogP contribution in [0.2, 0.25) is 0 Å². The Morgan fingerprint density at radius 2 is 1.54 bits per heavy atom. The molecule has 4 aromatic carbocycles. The first-order valence-corrected chi connectivity index (χ1v) is 12.8. The Balaban J connectivity index is 1.33. The van der Waals surface area contributed by atoms with Gasteiger partial charge in [0.15, 0.2) is 0 Å². The van der Waals surface area contributed by atoms with Crippen molar-refractivity contribution in [1.82, 2.24) is 4.98 Å². The minimum atomic E-state index is -4.49. The summed E-state index contributed by atoms with van der Waals surface area (Å²) in [5.74, 6) is 0.759. The third kappa shape index (κ3) is 5.48. The molecule has 5 rings (SSSR count). The van der Waals surface area contributed by atoms with Gasteiger partial charge in [0.1, 0.15) is 28.6 Å². The second-order valence-corrected chi connectivity index (χ2v) is 9.62. The molecule has 0 unspecified atom stereocenters. The van der Waals surface area contributed by atoms with Crippen molar-refractivity contribution in [2.75, 3.05) is 5.73 Å². The van der Waals surface area contributed by atoms with Gasteiger partial charge in [-0.25, -0.2) is 0 Å². The van der Waals surface area contributed by atoms with E-state index in [1.807, 2.05) is 60.7 Å². The van der Waals surface area contributed by atoms with Crippen LogP contribution in [0.4, 0.5) is 17.1 Å². The highest BCUT2D eigenvalue weighted by Crippen LogP contribution is 2.36. The monoisotopic (exact) mass is 510 g/mol. The number of hydrogen-bond donors (Lipinski definition) is 2. The Morgan fingerprint density at radius 1 is 0.838 bits per heavy atom. The highest BCUT2D eigenvalue weighted by Gasteiger charge is 2.18. The fourth-order valence-electron chi connectivity index (χ4n) is 3.84. The lowest BCUT2D eigenvalue weighted by Gasteiger charge is -2.09. The van der Waals surface area contributed by atoms with Crippen LogP contribution in [-0.2, 0) is 16.7 Å². The lowest BCUT2D eigenvalue weighted by molar-refractivity contribution is 0.306. The molecule has 0 saturated heterocycles. The van der Waals surface area contributed by atoms with Gasteiger partial charge in [-0.2, -0.15) is 8.42 Å². The number of rotatable bonds is 7. The average molecular weight is 511 g/mol. The first-order chi connectivity index (χ1) is 17.9. The zero-order valence-electron chi connectivity index (χ0n) is 19.5. The summed E-state index contributed by atoms with van der Waals surface area (Å²) in [6.45, 7) is 0.492. The number of anilines is 1. The molecule has 0 spiro atoms. The summed E-state index contributed by atoms with van der Waals surface area (Å²) >= 11 is 0. The molecule has 0 atom stereocenters. The van der Waals surface area contributed by atoms with Crippen LogP contribution < -0.4 is 10.5 Å². The second-order valence-electron chi connectivity index (χ2n) is 8.23. The normalized spacial score (nSPS) is 11.7. The van der Waals surface area contributed by atoms with Crippen LogP contribution in [0.15, 0.2) is 118 Å². The maximum Gasteiger partial charge on any atom is 0.295 e. The molecule has 37 heavy (non-hydrogen) atoms. The van der Waals surface area contributed by atoms with E-state index in [0.29, 0.717) is 23.1 Å². The van der Waals surface area contributed by atoms with Gasteiger partial charge >= 0.3 is 0 Å². The summed E-state index contributed by atoms with van der Waals surface area (Å²) in [5.41, 5.74) is 9.79. The number of aromatic nitrogens is 1. The topological polar surface area (TPSA) is 127 Å². The Bertz CT molecular complexity index is 1690. The van der Waals surface area contributed by atoms with Gasteiger partial charge in [0.25, 0.3) is 10.1 Å². The zero-order valence-corrected chi connectivity index (χ0v) is 20.3. The van der Waals surface area contributed by atoms with Gasteiger partial charge in [-0.1, -0.05) is 54.6 Å². The molecular weight excluding hydrogens is 488 g/mol. The van der Waals surface area contributed by atoms with Gasteiger partial charge in [-0.05, 0) is 48.0 Å². The van der Waals surface area contributed by atoms with Gasteiger partial charge in [-0.3, -0.25) is 9.54 Å². The maximum absolute atomic E-state index is 11.9. The Morgan fingerprint density at radius 3 is 2.22 bits per heavy atom. The lowest BCUT2D eigenvalue weighted by atomic mass is 10.1. The van der Waals surface area contributed by atoms with Gasteiger partial charge in [0, 0.05) is 16.3 Å². The van der Waals surface area contributed by atoms with Crippen molar-refractivity contribution < 1.29 is 17.7 Å². The molecule has 1 heterocycles. The van der Waals surface area contributed by atoms with E-state index in [4.69, 9.17) is 10.5 Å². The Hall–Kier alpha value is -4.60. The number of pyridine rings is 1. The third-order valence-electron chi connectivity index (χ3n) is 5.72.